The summed E-state index contributed by atoms with van der Waals surface area (Å²) in [5, 5.41) is 10.4. The highest BCUT2D eigenvalue weighted by Gasteiger charge is 2.27. The van der Waals surface area contributed by atoms with Crippen LogP contribution in [0.2, 0.25) is 0 Å². The summed E-state index contributed by atoms with van der Waals surface area (Å²) in [6, 6.07) is 14.4. The molecule has 1 N–H and O–H groups in total. The van der Waals surface area contributed by atoms with Crippen LogP contribution in [0.1, 0.15) is 18.1 Å². The van der Waals surface area contributed by atoms with Gasteiger partial charge in [-0.3, -0.25) is 4.90 Å². The SMILES string of the molecule is O=S(=O)(c1ccc(F)cc1)N1CCCN(CC(O)c2ccccc2)CC1. The average molecular weight is 378 g/mol. The molecule has 1 aliphatic rings. The van der Waals surface area contributed by atoms with Gasteiger partial charge in [0.2, 0.25) is 10.0 Å². The molecule has 26 heavy (non-hydrogen) atoms. The molecular weight excluding hydrogens is 355 g/mol. The van der Waals surface area contributed by atoms with Crippen molar-refractivity contribution in [2.75, 3.05) is 32.7 Å². The van der Waals surface area contributed by atoms with E-state index in [2.05, 4.69) is 4.90 Å². The number of benzene rings is 2. The van der Waals surface area contributed by atoms with Crippen molar-refractivity contribution in [2.24, 2.45) is 0 Å². The number of β-amino-alcohol motifs (C(OH)–C–C–N with tert-alkyl or cyclic N) is 1. The maximum Gasteiger partial charge on any atom is 0.243 e. The maximum atomic E-state index is 13.1. The Morgan fingerprint density at radius 3 is 2.35 bits per heavy atom. The molecule has 1 heterocycles. The predicted octanol–water partition coefficient (Wildman–Crippen LogP) is 2.26. The van der Waals surface area contributed by atoms with E-state index in [-0.39, 0.29) is 4.90 Å². The van der Waals surface area contributed by atoms with Crippen LogP contribution >= 0.6 is 0 Å². The second-order valence-corrected chi connectivity index (χ2v) is 8.38. The zero-order chi connectivity index (χ0) is 18.6. The van der Waals surface area contributed by atoms with Crippen molar-refractivity contribution in [2.45, 2.75) is 17.4 Å². The van der Waals surface area contributed by atoms with Crippen LogP contribution in [-0.2, 0) is 10.0 Å². The normalized spacial score (nSPS) is 18.4. The number of aliphatic hydroxyl groups is 1. The molecule has 0 spiro atoms. The van der Waals surface area contributed by atoms with Crippen LogP contribution in [0, 0.1) is 5.82 Å². The number of rotatable bonds is 5. The van der Waals surface area contributed by atoms with Crippen molar-refractivity contribution in [3.05, 3.63) is 66.0 Å². The molecular formula is C19H23FN2O3S. The third-order valence-corrected chi connectivity index (χ3v) is 6.53. The van der Waals surface area contributed by atoms with Crippen LogP contribution < -0.4 is 0 Å². The van der Waals surface area contributed by atoms with E-state index >= 15 is 0 Å². The van der Waals surface area contributed by atoms with Crippen LogP contribution in [0.25, 0.3) is 0 Å². The Bertz CT molecular complexity index is 812. The fourth-order valence-corrected chi connectivity index (χ4v) is 4.62. The first-order valence-corrected chi connectivity index (χ1v) is 10.1. The standard InChI is InChI=1S/C19H23FN2O3S/c20-17-7-9-18(10-8-17)26(24,25)22-12-4-11-21(13-14-22)15-19(23)16-5-2-1-3-6-16/h1-3,5-10,19,23H,4,11-15H2. The second-order valence-electron chi connectivity index (χ2n) is 6.44. The van der Waals surface area contributed by atoms with Crippen molar-refractivity contribution in [3.63, 3.8) is 0 Å². The van der Waals surface area contributed by atoms with Gasteiger partial charge in [-0.05, 0) is 42.8 Å². The molecule has 1 unspecified atom stereocenters. The fraction of sp³-hybridized carbons (Fsp3) is 0.368. The highest BCUT2D eigenvalue weighted by molar-refractivity contribution is 7.89. The first-order valence-electron chi connectivity index (χ1n) is 8.68. The molecule has 1 atom stereocenters. The molecule has 1 fully saturated rings. The van der Waals surface area contributed by atoms with E-state index in [1.807, 2.05) is 30.3 Å². The van der Waals surface area contributed by atoms with Gasteiger partial charge in [0, 0.05) is 26.2 Å². The summed E-state index contributed by atoms with van der Waals surface area (Å²) < 4.78 is 40.0. The number of sulfonamides is 1. The molecule has 0 saturated carbocycles. The lowest BCUT2D eigenvalue weighted by Crippen LogP contribution is -2.36. The highest BCUT2D eigenvalue weighted by atomic mass is 32.2. The summed E-state index contributed by atoms with van der Waals surface area (Å²) in [6.45, 7) is 2.50. The fourth-order valence-electron chi connectivity index (χ4n) is 3.15. The van der Waals surface area contributed by atoms with Crippen LogP contribution in [0.3, 0.4) is 0 Å². The van der Waals surface area contributed by atoms with Gasteiger partial charge < -0.3 is 5.11 Å². The van der Waals surface area contributed by atoms with E-state index in [0.29, 0.717) is 32.6 Å². The number of nitrogens with zero attached hydrogens (tertiary/aromatic N) is 2. The van der Waals surface area contributed by atoms with Crippen molar-refractivity contribution in [1.29, 1.82) is 0 Å². The van der Waals surface area contributed by atoms with Crippen LogP contribution in [0.15, 0.2) is 59.5 Å². The number of hydrogen-bond acceptors (Lipinski definition) is 4. The second kappa shape index (κ2) is 8.26. The van der Waals surface area contributed by atoms with Crippen molar-refractivity contribution >= 4 is 10.0 Å². The van der Waals surface area contributed by atoms with Crippen LogP contribution in [0.5, 0.6) is 0 Å². The minimum Gasteiger partial charge on any atom is -0.387 e. The summed E-state index contributed by atoms with van der Waals surface area (Å²) >= 11 is 0. The topological polar surface area (TPSA) is 60.9 Å². The van der Waals surface area contributed by atoms with Crippen molar-refractivity contribution in [3.8, 4) is 0 Å². The molecule has 1 aliphatic heterocycles. The molecule has 2 aromatic carbocycles. The molecule has 2 aromatic rings. The molecule has 0 bridgehead atoms. The van der Waals surface area contributed by atoms with E-state index in [0.717, 1.165) is 24.2 Å². The van der Waals surface area contributed by atoms with Crippen LogP contribution in [-0.4, -0.2) is 55.5 Å². The van der Waals surface area contributed by atoms with Gasteiger partial charge >= 0.3 is 0 Å². The van der Waals surface area contributed by atoms with Gasteiger partial charge in [-0.2, -0.15) is 4.31 Å². The zero-order valence-electron chi connectivity index (χ0n) is 14.5. The van der Waals surface area contributed by atoms with Crippen molar-refractivity contribution in [1.82, 2.24) is 9.21 Å². The minimum atomic E-state index is -3.63. The molecule has 0 radical (unpaired) electrons. The molecule has 7 heteroatoms. The predicted molar refractivity (Wildman–Crippen MR) is 97.6 cm³/mol. The summed E-state index contributed by atoms with van der Waals surface area (Å²) in [4.78, 5) is 2.19. The van der Waals surface area contributed by atoms with E-state index in [4.69, 9.17) is 0 Å². The van der Waals surface area contributed by atoms with Gasteiger partial charge in [0.1, 0.15) is 5.82 Å². The summed E-state index contributed by atoms with van der Waals surface area (Å²) in [5.74, 6) is -0.458. The Morgan fingerprint density at radius 2 is 1.65 bits per heavy atom. The monoisotopic (exact) mass is 378 g/mol. The third kappa shape index (κ3) is 4.48. The minimum absolute atomic E-state index is 0.108. The van der Waals surface area contributed by atoms with Gasteiger partial charge in [-0.25, -0.2) is 12.8 Å². The molecule has 3 rings (SSSR count). The molecule has 5 nitrogen and oxygen atoms in total. The van der Waals surface area contributed by atoms with Gasteiger partial charge in [-0.1, -0.05) is 30.3 Å². The quantitative estimate of drug-likeness (QED) is 0.867. The molecule has 1 saturated heterocycles. The van der Waals surface area contributed by atoms with Gasteiger partial charge in [0.15, 0.2) is 0 Å². The average Bonchev–Trinajstić information content (AvgIpc) is 2.89. The van der Waals surface area contributed by atoms with E-state index in [1.54, 1.807) is 0 Å². The van der Waals surface area contributed by atoms with Crippen molar-refractivity contribution < 1.29 is 17.9 Å². The lowest BCUT2D eigenvalue weighted by atomic mass is 10.1. The van der Waals surface area contributed by atoms with E-state index in [1.165, 1.54) is 16.4 Å². The Hall–Kier alpha value is -1.80. The summed E-state index contributed by atoms with van der Waals surface area (Å²) in [5.41, 5.74) is 0.854. The lowest BCUT2D eigenvalue weighted by Gasteiger charge is -2.24. The first-order chi connectivity index (χ1) is 12.5. The summed E-state index contributed by atoms with van der Waals surface area (Å²) in [6.07, 6.45) is 0.0820. The maximum absolute atomic E-state index is 13.1. The molecule has 0 aromatic heterocycles. The Balaban J connectivity index is 1.63. The lowest BCUT2D eigenvalue weighted by molar-refractivity contribution is 0.116. The molecule has 0 amide bonds. The van der Waals surface area contributed by atoms with Gasteiger partial charge in [0.05, 0.1) is 11.0 Å². The highest BCUT2D eigenvalue weighted by Crippen LogP contribution is 2.20. The zero-order valence-corrected chi connectivity index (χ0v) is 15.3. The van der Waals surface area contributed by atoms with Crippen LogP contribution in [0.4, 0.5) is 4.39 Å². The van der Waals surface area contributed by atoms with Gasteiger partial charge in [-0.15, -0.1) is 0 Å². The number of aliphatic hydroxyl groups excluding tert-OH is 1. The summed E-state index contributed by atoms with van der Waals surface area (Å²) in [7, 11) is -3.63. The molecule has 140 valence electrons. The smallest absolute Gasteiger partial charge is 0.243 e. The van der Waals surface area contributed by atoms with Gasteiger partial charge in [0.25, 0.3) is 0 Å². The first kappa shape index (κ1) is 19.0. The Labute approximate surface area is 153 Å². The molecule has 0 aliphatic carbocycles. The Kier molecular flexibility index (Phi) is 6.03. The van der Waals surface area contributed by atoms with E-state index < -0.39 is 21.9 Å². The Morgan fingerprint density at radius 1 is 0.962 bits per heavy atom. The number of hydrogen-bond donors (Lipinski definition) is 1. The third-order valence-electron chi connectivity index (χ3n) is 4.61. The largest absolute Gasteiger partial charge is 0.387 e. The van der Waals surface area contributed by atoms with E-state index in [9.17, 15) is 17.9 Å². The number of halogens is 1.